The van der Waals surface area contributed by atoms with E-state index >= 15 is 0 Å². The van der Waals surface area contributed by atoms with Crippen LogP contribution in [0.5, 0.6) is 0 Å². The predicted octanol–water partition coefficient (Wildman–Crippen LogP) is 2.59. The van der Waals surface area contributed by atoms with E-state index in [1.54, 1.807) is 11.3 Å². The fourth-order valence-electron chi connectivity index (χ4n) is 1.37. The zero-order valence-electron chi connectivity index (χ0n) is 11.8. The highest BCUT2D eigenvalue weighted by molar-refractivity contribution is 8.01. The average Bonchev–Trinajstić information content (AvgIpc) is 2.76. The van der Waals surface area contributed by atoms with E-state index in [-0.39, 0.29) is 0 Å². The molecule has 0 unspecified atom stereocenters. The number of thioether (sulfide) groups is 1. The van der Waals surface area contributed by atoms with E-state index in [1.165, 1.54) is 9.09 Å². The highest BCUT2D eigenvalue weighted by atomic mass is 32.2. The van der Waals surface area contributed by atoms with Crippen molar-refractivity contribution in [2.75, 3.05) is 14.1 Å². The molecule has 0 saturated heterocycles. The zero-order valence-corrected chi connectivity index (χ0v) is 13.5. The second kappa shape index (κ2) is 12.1. The molecule has 1 atom stereocenters. The smallest absolute Gasteiger partial charge is 0.165 e. The molecule has 1 aliphatic rings. The van der Waals surface area contributed by atoms with E-state index in [4.69, 9.17) is 9.59 Å². The fraction of sp³-hybridized carbons (Fsp3) is 0.462. The predicted molar refractivity (Wildman–Crippen MR) is 82.5 cm³/mol. The SMILES string of the molecule is C=O.C=O.CNC.Cc1cc2c(s1)S[C@@H](C)CC2=O. The number of Topliss-reactive ketones (excluding diaryl/α,β-unsaturated/α-hetero) is 1. The lowest BCUT2D eigenvalue weighted by molar-refractivity contribution is -0.0987. The topological polar surface area (TPSA) is 63.2 Å². The molecule has 6 heteroatoms. The molecule has 1 aromatic heterocycles. The van der Waals surface area contributed by atoms with Crippen molar-refractivity contribution in [3.63, 3.8) is 0 Å². The number of aryl methyl sites for hydroxylation is 1. The average molecular weight is 303 g/mol. The van der Waals surface area contributed by atoms with Crippen LogP contribution < -0.4 is 5.32 Å². The molecule has 19 heavy (non-hydrogen) atoms. The van der Waals surface area contributed by atoms with Gasteiger partial charge in [0.05, 0.1) is 4.21 Å². The first-order valence-electron chi connectivity index (χ1n) is 5.55. The number of rotatable bonds is 0. The Morgan fingerprint density at radius 3 is 2.21 bits per heavy atom. The molecule has 0 aliphatic carbocycles. The Balaban J connectivity index is 0. The van der Waals surface area contributed by atoms with Crippen LogP contribution in [-0.2, 0) is 9.59 Å². The number of hydrogen-bond acceptors (Lipinski definition) is 6. The molecule has 1 aliphatic heterocycles. The van der Waals surface area contributed by atoms with Gasteiger partial charge in [-0.15, -0.1) is 23.1 Å². The van der Waals surface area contributed by atoms with Gasteiger partial charge in [-0.2, -0.15) is 0 Å². The Morgan fingerprint density at radius 1 is 1.26 bits per heavy atom. The van der Waals surface area contributed by atoms with E-state index in [0.717, 1.165) is 5.56 Å². The number of nitrogens with one attached hydrogen (secondary N) is 1. The van der Waals surface area contributed by atoms with Gasteiger partial charge in [-0.1, -0.05) is 6.92 Å². The maximum absolute atomic E-state index is 11.5. The highest BCUT2D eigenvalue weighted by Crippen LogP contribution is 2.40. The first-order chi connectivity index (χ1) is 9.08. The van der Waals surface area contributed by atoms with Crippen LogP contribution >= 0.6 is 23.1 Å². The van der Waals surface area contributed by atoms with Gasteiger partial charge in [-0.05, 0) is 27.1 Å². The van der Waals surface area contributed by atoms with Crippen LogP contribution in [0.3, 0.4) is 0 Å². The molecule has 0 bridgehead atoms. The molecular formula is C13H21NO3S2. The van der Waals surface area contributed by atoms with Crippen LogP contribution in [0, 0.1) is 6.92 Å². The van der Waals surface area contributed by atoms with Gasteiger partial charge in [0.2, 0.25) is 0 Å². The number of ketones is 1. The normalized spacial score (nSPS) is 15.6. The van der Waals surface area contributed by atoms with Gasteiger partial charge in [-0.25, -0.2) is 0 Å². The summed E-state index contributed by atoms with van der Waals surface area (Å²) in [6.07, 6.45) is 0.702. The Labute approximate surface area is 123 Å². The monoisotopic (exact) mass is 303 g/mol. The molecule has 0 amide bonds. The minimum absolute atomic E-state index is 0.320. The van der Waals surface area contributed by atoms with Gasteiger partial charge in [0.1, 0.15) is 13.6 Å². The molecule has 4 nitrogen and oxygen atoms in total. The molecule has 108 valence electrons. The summed E-state index contributed by atoms with van der Waals surface area (Å²) in [5, 5.41) is 3.21. The van der Waals surface area contributed by atoms with E-state index in [1.807, 2.05) is 45.5 Å². The Morgan fingerprint density at radius 2 is 1.74 bits per heavy atom. The molecular weight excluding hydrogens is 282 g/mol. The Bertz CT molecular complexity index is 378. The summed E-state index contributed by atoms with van der Waals surface area (Å²) in [6, 6.07) is 2.02. The summed E-state index contributed by atoms with van der Waals surface area (Å²) in [7, 11) is 3.75. The number of carbonyl (C=O) groups excluding carboxylic acids is 3. The van der Waals surface area contributed by atoms with E-state index in [2.05, 4.69) is 19.2 Å². The maximum atomic E-state index is 11.5. The molecule has 0 spiro atoms. The third-order valence-corrected chi connectivity index (χ3v) is 4.29. The summed E-state index contributed by atoms with van der Waals surface area (Å²) in [6.45, 7) is 8.17. The minimum atomic E-state index is 0.320. The van der Waals surface area contributed by atoms with E-state index in [0.29, 0.717) is 17.5 Å². The quantitative estimate of drug-likeness (QED) is 0.798. The van der Waals surface area contributed by atoms with Crippen molar-refractivity contribution in [3.05, 3.63) is 16.5 Å². The molecule has 0 saturated carbocycles. The summed E-state index contributed by atoms with van der Waals surface area (Å²) in [5.41, 5.74) is 0.959. The van der Waals surface area contributed by atoms with E-state index < -0.39 is 0 Å². The fourth-order valence-corrected chi connectivity index (χ4v) is 4.10. The van der Waals surface area contributed by atoms with Gasteiger partial charge in [-0.3, -0.25) is 4.79 Å². The summed E-state index contributed by atoms with van der Waals surface area (Å²) >= 11 is 3.57. The Hall–Kier alpha value is -0.980. The van der Waals surface area contributed by atoms with Crippen LogP contribution in [0.1, 0.15) is 28.6 Å². The van der Waals surface area contributed by atoms with Crippen LogP contribution in [0.15, 0.2) is 10.3 Å². The third kappa shape index (κ3) is 7.25. The summed E-state index contributed by atoms with van der Waals surface area (Å²) in [5.74, 6) is 0.320. The van der Waals surface area contributed by atoms with Crippen molar-refractivity contribution in [1.29, 1.82) is 0 Å². The van der Waals surface area contributed by atoms with Crippen LogP contribution in [-0.4, -0.2) is 38.7 Å². The van der Waals surface area contributed by atoms with Crippen molar-refractivity contribution >= 4 is 42.5 Å². The second-order valence-corrected chi connectivity index (χ2v) is 6.58. The molecule has 0 fully saturated rings. The van der Waals surface area contributed by atoms with Gasteiger partial charge in [0.25, 0.3) is 0 Å². The standard InChI is InChI=1S/C9H10OS2.C2H7N.2CH2O/c1-5-3-7-8(10)4-6(2)12-9(7)11-5;1-3-2;2*1-2/h3,6H,4H2,1-2H3;3H,1-2H3;2*1H2/t6-;;;/m0.../s1. The number of fused-ring (bicyclic) bond motifs is 1. The van der Waals surface area contributed by atoms with Gasteiger partial charge in [0, 0.05) is 22.1 Å². The molecule has 0 aromatic carbocycles. The molecule has 1 aromatic rings. The first-order valence-corrected chi connectivity index (χ1v) is 7.24. The molecule has 0 radical (unpaired) electrons. The molecule has 2 rings (SSSR count). The van der Waals surface area contributed by atoms with Crippen molar-refractivity contribution in [1.82, 2.24) is 5.32 Å². The third-order valence-electron chi connectivity index (χ3n) is 1.90. The lowest BCUT2D eigenvalue weighted by atomic mass is 10.1. The summed E-state index contributed by atoms with van der Waals surface area (Å²) in [4.78, 5) is 28.7. The number of carbonyl (C=O) groups is 3. The summed E-state index contributed by atoms with van der Waals surface area (Å²) < 4.78 is 1.22. The van der Waals surface area contributed by atoms with Crippen LogP contribution in [0.2, 0.25) is 0 Å². The lowest BCUT2D eigenvalue weighted by Gasteiger charge is -2.15. The molecule has 1 N–H and O–H groups in total. The number of thiophene rings is 1. The maximum Gasteiger partial charge on any atom is 0.165 e. The lowest BCUT2D eigenvalue weighted by Crippen LogP contribution is -2.12. The highest BCUT2D eigenvalue weighted by Gasteiger charge is 2.24. The molecule has 2 heterocycles. The van der Waals surface area contributed by atoms with Crippen LogP contribution in [0.25, 0.3) is 0 Å². The van der Waals surface area contributed by atoms with E-state index in [9.17, 15) is 4.79 Å². The Kier molecular flexibility index (Phi) is 12.9. The van der Waals surface area contributed by atoms with Crippen molar-refractivity contribution in [2.24, 2.45) is 0 Å². The van der Waals surface area contributed by atoms with Crippen molar-refractivity contribution < 1.29 is 14.4 Å². The van der Waals surface area contributed by atoms with Gasteiger partial charge in [0.15, 0.2) is 5.78 Å². The van der Waals surface area contributed by atoms with Gasteiger partial charge >= 0.3 is 0 Å². The first kappa shape index (κ1) is 20.3. The number of hydrogen-bond donors (Lipinski definition) is 1. The van der Waals surface area contributed by atoms with Crippen LogP contribution in [0.4, 0.5) is 0 Å². The van der Waals surface area contributed by atoms with Crippen molar-refractivity contribution in [3.8, 4) is 0 Å². The van der Waals surface area contributed by atoms with Crippen molar-refractivity contribution in [2.45, 2.75) is 29.7 Å². The second-order valence-electron chi connectivity index (χ2n) is 3.61. The van der Waals surface area contributed by atoms with Gasteiger partial charge < -0.3 is 14.9 Å². The largest absolute Gasteiger partial charge is 0.323 e. The minimum Gasteiger partial charge on any atom is -0.323 e. The zero-order chi connectivity index (χ0) is 15.4.